The van der Waals surface area contributed by atoms with Gasteiger partial charge in [-0.05, 0) is 216 Å². The summed E-state index contributed by atoms with van der Waals surface area (Å²) in [6, 6.07) is 66.7. The van der Waals surface area contributed by atoms with E-state index in [9.17, 15) is 0 Å². The highest BCUT2D eigenvalue weighted by Crippen LogP contribution is 2.52. The number of aromatic amines is 4. The summed E-state index contributed by atoms with van der Waals surface area (Å²) >= 11 is 0. The lowest BCUT2D eigenvalue weighted by Gasteiger charge is -2.26. The third kappa shape index (κ3) is 14.7. The number of H-pyrrole nitrogens is 4. The molecule has 18 rings (SSSR count). The van der Waals surface area contributed by atoms with Crippen LogP contribution in [0.2, 0.25) is 0 Å². The minimum Gasteiger partial charge on any atom is -0.354 e. The summed E-state index contributed by atoms with van der Waals surface area (Å²) in [5.74, 6) is 0. The van der Waals surface area contributed by atoms with Crippen molar-refractivity contribution in [2.75, 3.05) is 0 Å². The van der Waals surface area contributed by atoms with Crippen molar-refractivity contribution < 1.29 is 0 Å². The zero-order valence-corrected chi connectivity index (χ0v) is 79.3. The number of fused-ring (bicyclic) bond motifs is 14. The Hall–Kier alpha value is -11.5. The van der Waals surface area contributed by atoms with Gasteiger partial charge in [0.25, 0.3) is 0 Å². The van der Waals surface area contributed by atoms with Crippen LogP contribution in [0.15, 0.2) is 170 Å². The highest BCUT2D eigenvalue weighted by Gasteiger charge is 2.33. The van der Waals surface area contributed by atoms with Crippen molar-refractivity contribution in [2.45, 2.75) is 262 Å². The topological polar surface area (TPSA) is 115 Å². The van der Waals surface area contributed by atoms with Gasteiger partial charge in [-0.1, -0.05) is 329 Å². The number of hydrogen-bond donors (Lipinski definition) is 4. The number of nitrogens with one attached hydrogen (secondary N) is 4. The first-order valence-electron chi connectivity index (χ1n) is 45.1. The number of nitrogens with zero attached hydrogens (tertiary/aromatic N) is 4. The lowest BCUT2D eigenvalue weighted by Crippen LogP contribution is -2.16. The summed E-state index contributed by atoms with van der Waals surface area (Å²) in [5.41, 5.74) is 37.8. The standard InChI is InChI=1S/C116H126N8/c1-107(2,3)69-35-31-63(32-36-69)95-83-39-43-87(117-83)97(65-47-71(109(7,8)9)55-72(48-65)110(10,11)12)91-59-79-81-61-93-99(67-51-75(113(19,20)21)57-76(52-67)114(22,23)24)89-45-41-85(119-89)96(64-33-37-70(38-34-64)108(4,5)6)86-42-46-90(120-86)100(68-53-77(115(25,26)27)58-78(54-68)116(28,29)30)94-62-82-80-60-92(122-104(80)101(103(79)121-91)102(105(81)123-93)106(82)124-94)98(88-44-40-84(95)118-88)66-49-73(111(13,14)15)56-74(50-66)112(16,17)18/h31-62,117,120,122-123H,1-30H3. The van der Waals surface area contributed by atoms with E-state index >= 15 is 0 Å². The molecule has 0 amide bonds. The Labute approximate surface area is 734 Å². The van der Waals surface area contributed by atoms with Gasteiger partial charge in [-0.25, -0.2) is 19.9 Å². The normalized spacial score (nSPS) is 13.8. The zero-order chi connectivity index (χ0) is 88.7. The second-order valence-electron chi connectivity index (χ2n) is 46.6. The van der Waals surface area contributed by atoms with Crippen LogP contribution < -0.4 is 0 Å². The monoisotopic (exact) mass is 1630 g/mol. The predicted octanol–water partition coefficient (Wildman–Crippen LogP) is 32.6. The average Bonchev–Trinajstić information content (AvgIpc) is 1.53. The Morgan fingerprint density at radius 3 is 0.653 bits per heavy atom. The molecule has 2 aliphatic rings. The van der Waals surface area contributed by atoms with Crippen LogP contribution in [0.4, 0.5) is 0 Å². The molecule has 16 aromatic rings. The number of aromatic nitrogens is 8. The van der Waals surface area contributed by atoms with E-state index < -0.39 is 0 Å². The molecule has 2 aliphatic heterocycles. The van der Waals surface area contributed by atoms with Crippen molar-refractivity contribution in [3.05, 3.63) is 248 Å². The lowest BCUT2D eigenvalue weighted by molar-refractivity contribution is 0.568. The Morgan fingerprint density at radius 2 is 0.411 bits per heavy atom. The molecule has 0 fully saturated rings. The van der Waals surface area contributed by atoms with Crippen molar-refractivity contribution in [1.82, 2.24) is 39.9 Å². The highest BCUT2D eigenvalue weighted by molar-refractivity contribution is 6.40. The van der Waals surface area contributed by atoms with E-state index in [1.54, 1.807) is 0 Å². The van der Waals surface area contributed by atoms with Crippen LogP contribution in [0.1, 0.15) is 286 Å². The molecule has 124 heavy (non-hydrogen) atoms. The third-order valence-corrected chi connectivity index (χ3v) is 26.7. The molecular weight excluding hydrogens is 1510 g/mol. The molecule has 10 heterocycles. The first kappa shape index (κ1) is 83.4. The Morgan fingerprint density at radius 1 is 0.185 bits per heavy atom. The Kier molecular flexibility index (Phi) is 18.8. The second kappa shape index (κ2) is 28.0. The van der Waals surface area contributed by atoms with Crippen molar-refractivity contribution in [2.24, 2.45) is 0 Å². The van der Waals surface area contributed by atoms with E-state index in [-0.39, 0.29) is 54.1 Å². The van der Waals surface area contributed by atoms with E-state index in [1.165, 1.54) is 55.6 Å². The largest absolute Gasteiger partial charge is 0.354 e. The molecule has 4 N–H and O–H groups in total. The maximum absolute atomic E-state index is 6.40. The van der Waals surface area contributed by atoms with Crippen LogP contribution in [-0.4, -0.2) is 39.9 Å². The number of rotatable bonds is 6. The van der Waals surface area contributed by atoms with E-state index in [1.807, 2.05) is 0 Å². The molecular formula is C116H126N8. The second-order valence-corrected chi connectivity index (χ2v) is 46.6. The van der Waals surface area contributed by atoms with Gasteiger partial charge < -0.3 is 19.9 Å². The van der Waals surface area contributed by atoms with E-state index in [4.69, 9.17) is 19.9 Å². The van der Waals surface area contributed by atoms with Crippen molar-refractivity contribution in [3.8, 4) is 66.8 Å². The summed E-state index contributed by atoms with van der Waals surface area (Å²) < 4.78 is 0. The third-order valence-electron chi connectivity index (χ3n) is 26.7. The van der Waals surface area contributed by atoms with Crippen LogP contribution in [0, 0.1) is 0 Å². The quantitative estimate of drug-likeness (QED) is 0.133. The Balaban J connectivity index is 1.14. The lowest BCUT2D eigenvalue weighted by atomic mass is 9.78. The van der Waals surface area contributed by atoms with Gasteiger partial charge in [0.15, 0.2) is 0 Å². The molecule has 0 saturated heterocycles. The van der Waals surface area contributed by atoms with Crippen molar-refractivity contribution in [1.29, 1.82) is 0 Å². The maximum Gasteiger partial charge on any atom is 0.0818 e. The summed E-state index contributed by atoms with van der Waals surface area (Å²) in [7, 11) is 0. The molecule has 0 aliphatic carbocycles. The van der Waals surface area contributed by atoms with Crippen LogP contribution in [-0.2, 0) is 54.1 Å². The highest BCUT2D eigenvalue weighted by atomic mass is 14.8. The minimum absolute atomic E-state index is 0.0684. The Bertz CT molecular complexity index is 6810. The van der Waals surface area contributed by atoms with Gasteiger partial charge in [-0.3, -0.25) is 0 Å². The van der Waals surface area contributed by atoms with Crippen LogP contribution in [0.5, 0.6) is 0 Å². The molecule has 0 atom stereocenters. The molecule has 8 aromatic carbocycles. The van der Waals surface area contributed by atoms with Gasteiger partial charge in [-0.15, -0.1) is 0 Å². The van der Waals surface area contributed by atoms with Gasteiger partial charge in [0, 0.05) is 98.8 Å². The molecule has 8 nitrogen and oxygen atoms in total. The molecule has 16 bridgehead atoms. The van der Waals surface area contributed by atoms with Gasteiger partial charge in [0.2, 0.25) is 0 Å². The maximum atomic E-state index is 6.40. The first-order chi connectivity index (χ1) is 57.7. The summed E-state index contributed by atoms with van der Waals surface area (Å²) in [4.78, 5) is 42.3. The van der Waals surface area contributed by atoms with E-state index in [0.717, 1.165) is 188 Å². The molecule has 0 spiro atoms. The molecule has 0 unspecified atom stereocenters. The number of benzene rings is 8. The minimum atomic E-state index is -0.205. The molecule has 630 valence electrons. The summed E-state index contributed by atoms with van der Waals surface area (Å²) in [6.45, 7) is 70.0. The number of hydrogen-bond acceptors (Lipinski definition) is 4. The molecule has 8 heteroatoms. The van der Waals surface area contributed by atoms with Gasteiger partial charge in [-0.2, -0.15) is 0 Å². The van der Waals surface area contributed by atoms with Crippen molar-refractivity contribution in [3.63, 3.8) is 0 Å². The fourth-order valence-corrected chi connectivity index (χ4v) is 18.7. The van der Waals surface area contributed by atoms with Crippen LogP contribution in [0.25, 0.3) is 190 Å². The summed E-state index contributed by atoms with van der Waals surface area (Å²) in [6.07, 6.45) is 9.07. The average molecular weight is 1630 g/mol. The molecule has 8 aromatic heterocycles. The van der Waals surface area contributed by atoms with E-state index in [0.29, 0.717) is 0 Å². The van der Waals surface area contributed by atoms with Gasteiger partial charge >= 0.3 is 0 Å². The fraction of sp³-hybridized carbons (Fsp3) is 0.345. The van der Waals surface area contributed by atoms with Crippen LogP contribution >= 0.6 is 0 Å². The predicted molar refractivity (Wildman–Crippen MR) is 536 cm³/mol. The molecule has 0 saturated carbocycles. The molecule has 0 radical (unpaired) electrons. The fourth-order valence-electron chi connectivity index (χ4n) is 18.7. The summed E-state index contributed by atoms with van der Waals surface area (Å²) in [5, 5.41) is 6.07. The zero-order valence-electron chi connectivity index (χ0n) is 79.3. The first-order valence-corrected chi connectivity index (χ1v) is 45.1. The van der Waals surface area contributed by atoms with Gasteiger partial charge in [0.1, 0.15) is 0 Å². The smallest absolute Gasteiger partial charge is 0.0818 e. The van der Waals surface area contributed by atoms with Gasteiger partial charge in [0.05, 0.1) is 55.9 Å². The van der Waals surface area contributed by atoms with Crippen molar-refractivity contribution >= 4 is 123 Å². The van der Waals surface area contributed by atoms with Crippen LogP contribution in [0.3, 0.4) is 0 Å². The van der Waals surface area contributed by atoms with E-state index in [2.05, 4.69) is 422 Å². The SMILES string of the molecule is CC(C)(C)c1ccc(-c2c3nc(c(-c4cc(C(C)(C)C)cc(C(C)(C)C)c4)c4cc5c6cc7nc6c6c8[nH]c(cc8c8cc(nc8c6c5[nH]4)c(-c4cc(C(C)(C)C)cc(C(C)(C)C)c4)c4ccc2[nH]4)c(-c2cc(C(C)(C)C)cc(C(C)(C)C)c2)c2nc(c(-c4ccc(C(C)(C)C)cc4)c4ccc([nH]4)c7-c4cc(C(C)(C)C)cc(C(C)(C)C)c4)C=C2)C=C3)cc1.